The van der Waals surface area contributed by atoms with Crippen LogP contribution in [0.3, 0.4) is 0 Å². The molecule has 0 unspecified atom stereocenters. The maximum absolute atomic E-state index is 12.5. The highest BCUT2D eigenvalue weighted by molar-refractivity contribution is 7.89. The van der Waals surface area contributed by atoms with Gasteiger partial charge in [0.15, 0.2) is 0 Å². The second-order valence-electron chi connectivity index (χ2n) is 6.84. The van der Waals surface area contributed by atoms with Crippen LogP contribution in [0.5, 0.6) is 0 Å². The number of nitrogens with one attached hydrogen (secondary N) is 2. The monoisotopic (exact) mass is 339 g/mol. The van der Waals surface area contributed by atoms with E-state index >= 15 is 0 Å². The summed E-state index contributed by atoms with van der Waals surface area (Å²) in [6.45, 7) is 6.58. The Morgan fingerprint density at radius 1 is 1.13 bits per heavy atom. The Morgan fingerprint density at radius 3 is 2.22 bits per heavy atom. The van der Waals surface area contributed by atoms with Crippen LogP contribution < -0.4 is 10.6 Å². The van der Waals surface area contributed by atoms with Gasteiger partial charge in [-0.2, -0.15) is 4.31 Å². The molecule has 0 aliphatic carbocycles. The molecule has 1 fully saturated rings. The molecular formula is C16H25N3O3S. The number of benzene rings is 1. The fraction of sp³-hybridized carbons (Fsp3) is 0.562. The first kappa shape index (κ1) is 17.7. The number of urea groups is 1. The van der Waals surface area contributed by atoms with Gasteiger partial charge in [0.2, 0.25) is 10.0 Å². The van der Waals surface area contributed by atoms with E-state index in [2.05, 4.69) is 10.6 Å². The summed E-state index contributed by atoms with van der Waals surface area (Å²) in [5.74, 6) is 0. The lowest BCUT2D eigenvalue weighted by molar-refractivity contribution is 0.219. The molecule has 1 saturated heterocycles. The molecule has 128 valence electrons. The number of rotatable bonds is 3. The molecule has 2 rings (SSSR count). The zero-order chi connectivity index (χ0) is 17.1. The van der Waals surface area contributed by atoms with E-state index in [0.29, 0.717) is 30.8 Å². The van der Waals surface area contributed by atoms with Crippen LogP contribution in [0.15, 0.2) is 35.2 Å². The Morgan fingerprint density at radius 2 is 1.70 bits per heavy atom. The molecule has 0 spiro atoms. The van der Waals surface area contributed by atoms with Crippen molar-refractivity contribution in [3.8, 4) is 0 Å². The van der Waals surface area contributed by atoms with E-state index < -0.39 is 10.0 Å². The minimum atomic E-state index is -3.44. The van der Waals surface area contributed by atoms with Gasteiger partial charge in [0.05, 0.1) is 4.90 Å². The van der Waals surface area contributed by atoms with Crippen LogP contribution in [0.25, 0.3) is 0 Å². The molecule has 1 aliphatic heterocycles. The van der Waals surface area contributed by atoms with Crippen molar-refractivity contribution in [2.45, 2.75) is 50.1 Å². The quantitative estimate of drug-likeness (QED) is 0.883. The molecule has 6 nitrogen and oxygen atoms in total. The van der Waals surface area contributed by atoms with E-state index in [4.69, 9.17) is 0 Å². The average molecular weight is 339 g/mol. The summed E-state index contributed by atoms with van der Waals surface area (Å²) < 4.78 is 26.5. The SMILES string of the molecule is CC(C)(C)NC(=O)NC1CCN(S(=O)(=O)c2ccccc2)CC1. The Bertz CT molecular complexity index is 630. The van der Waals surface area contributed by atoms with Crippen LogP contribution >= 0.6 is 0 Å². The van der Waals surface area contributed by atoms with Crippen molar-refractivity contribution in [2.24, 2.45) is 0 Å². The second kappa shape index (κ2) is 6.88. The molecule has 1 aromatic rings. The molecule has 2 N–H and O–H groups in total. The van der Waals surface area contributed by atoms with Gasteiger partial charge in [0.1, 0.15) is 0 Å². The fourth-order valence-electron chi connectivity index (χ4n) is 2.54. The first-order chi connectivity index (χ1) is 10.7. The summed E-state index contributed by atoms with van der Waals surface area (Å²) in [6.07, 6.45) is 1.23. The predicted octanol–water partition coefficient (Wildman–Crippen LogP) is 1.94. The van der Waals surface area contributed by atoms with Crippen molar-refractivity contribution in [2.75, 3.05) is 13.1 Å². The molecule has 0 atom stereocenters. The third-order valence-corrected chi connectivity index (χ3v) is 5.57. The van der Waals surface area contributed by atoms with Crippen molar-refractivity contribution >= 4 is 16.1 Å². The topological polar surface area (TPSA) is 78.5 Å². The van der Waals surface area contributed by atoms with Gasteiger partial charge in [-0.3, -0.25) is 0 Å². The van der Waals surface area contributed by atoms with Gasteiger partial charge in [-0.15, -0.1) is 0 Å². The Balaban J connectivity index is 1.90. The summed E-state index contributed by atoms with van der Waals surface area (Å²) in [5, 5.41) is 5.77. The molecule has 1 aliphatic rings. The van der Waals surface area contributed by atoms with Crippen molar-refractivity contribution < 1.29 is 13.2 Å². The van der Waals surface area contributed by atoms with E-state index in [1.54, 1.807) is 30.3 Å². The number of piperidine rings is 1. The lowest BCUT2D eigenvalue weighted by Crippen LogP contribution is -2.52. The van der Waals surface area contributed by atoms with Gasteiger partial charge in [-0.1, -0.05) is 18.2 Å². The van der Waals surface area contributed by atoms with Gasteiger partial charge in [0, 0.05) is 24.7 Å². The van der Waals surface area contributed by atoms with Crippen LogP contribution in [0, 0.1) is 0 Å². The molecule has 0 aromatic heterocycles. The number of hydrogen-bond acceptors (Lipinski definition) is 3. The fourth-order valence-corrected chi connectivity index (χ4v) is 4.03. The number of hydrogen-bond donors (Lipinski definition) is 2. The van der Waals surface area contributed by atoms with Crippen molar-refractivity contribution in [3.05, 3.63) is 30.3 Å². The van der Waals surface area contributed by atoms with Gasteiger partial charge in [-0.05, 0) is 45.7 Å². The maximum Gasteiger partial charge on any atom is 0.315 e. The predicted molar refractivity (Wildman–Crippen MR) is 89.6 cm³/mol. The van der Waals surface area contributed by atoms with Crippen molar-refractivity contribution in [3.63, 3.8) is 0 Å². The third kappa shape index (κ3) is 4.94. The Labute approximate surface area is 138 Å². The molecule has 7 heteroatoms. The van der Waals surface area contributed by atoms with E-state index in [-0.39, 0.29) is 17.6 Å². The van der Waals surface area contributed by atoms with E-state index in [9.17, 15) is 13.2 Å². The average Bonchev–Trinajstić information content (AvgIpc) is 2.46. The van der Waals surface area contributed by atoms with Gasteiger partial charge in [0.25, 0.3) is 0 Å². The number of amides is 2. The number of sulfonamides is 1. The maximum atomic E-state index is 12.5. The summed E-state index contributed by atoms with van der Waals surface area (Å²) in [6, 6.07) is 8.24. The first-order valence-electron chi connectivity index (χ1n) is 7.82. The van der Waals surface area contributed by atoms with E-state index in [0.717, 1.165) is 0 Å². The van der Waals surface area contributed by atoms with Gasteiger partial charge < -0.3 is 10.6 Å². The van der Waals surface area contributed by atoms with Crippen LogP contribution in [0.2, 0.25) is 0 Å². The molecule has 1 aromatic carbocycles. The Kier molecular flexibility index (Phi) is 5.31. The summed E-state index contributed by atoms with van der Waals surface area (Å²) >= 11 is 0. The molecule has 2 amide bonds. The molecule has 0 saturated carbocycles. The molecule has 1 heterocycles. The number of nitrogens with zero attached hydrogens (tertiary/aromatic N) is 1. The lowest BCUT2D eigenvalue weighted by atomic mass is 10.1. The summed E-state index contributed by atoms with van der Waals surface area (Å²) in [7, 11) is -3.44. The molecule has 0 bridgehead atoms. The largest absolute Gasteiger partial charge is 0.335 e. The summed E-state index contributed by atoms with van der Waals surface area (Å²) in [5.41, 5.74) is -0.290. The molecular weight excluding hydrogens is 314 g/mol. The smallest absolute Gasteiger partial charge is 0.315 e. The minimum absolute atomic E-state index is 0.000395. The van der Waals surface area contributed by atoms with E-state index in [1.165, 1.54) is 4.31 Å². The number of carbonyl (C=O) groups is 1. The minimum Gasteiger partial charge on any atom is -0.335 e. The van der Waals surface area contributed by atoms with Crippen LogP contribution in [-0.4, -0.2) is 43.4 Å². The van der Waals surface area contributed by atoms with Gasteiger partial charge in [-0.25, -0.2) is 13.2 Å². The highest BCUT2D eigenvalue weighted by Gasteiger charge is 2.30. The lowest BCUT2D eigenvalue weighted by Gasteiger charge is -2.32. The molecule has 23 heavy (non-hydrogen) atoms. The zero-order valence-electron chi connectivity index (χ0n) is 13.9. The van der Waals surface area contributed by atoms with Crippen molar-refractivity contribution in [1.29, 1.82) is 0 Å². The van der Waals surface area contributed by atoms with Crippen molar-refractivity contribution in [1.82, 2.24) is 14.9 Å². The number of carbonyl (C=O) groups excluding carboxylic acids is 1. The van der Waals surface area contributed by atoms with Crippen LogP contribution in [0.1, 0.15) is 33.6 Å². The molecule has 0 radical (unpaired) electrons. The standard InChI is InChI=1S/C16H25N3O3S/c1-16(2,3)18-15(20)17-13-9-11-19(12-10-13)23(21,22)14-7-5-4-6-8-14/h4-8,13H,9-12H2,1-3H3,(H2,17,18,20). The second-order valence-corrected chi connectivity index (χ2v) is 8.78. The highest BCUT2D eigenvalue weighted by Crippen LogP contribution is 2.20. The van der Waals surface area contributed by atoms with E-state index in [1.807, 2.05) is 20.8 Å². The van der Waals surface area contributed by atoms with Crippen LogP contribution in [0.4, 0.5) is 4.79 Å². The zero-order valence-corrected chi connectivity index (χ0v) is 14.7. The highest BCUT2D eigenvalue weighted by atomic mass is 32.2. The normalized spacial score (nSPS) is 17.7. The Hall–Kier alpha value is -1.60. The third-order valence-electron chi connectivity index (χ3n) is 3.66. The van der Waals surface area contributed by atoms with Crippen LogP contribution in [-0.2, 0) is 10.0 Å². The van der Waals surface area contributed by atoms with Gasteiger partial charge >= 0.3 is 6.03 Å². The summed E-state index contributed by atoms with van der Waals surface area (Å²) in [4.78, 5) is 12.2. The first-order valence-corrected chi connectivity index (χ1v) is 9.26.